The van der Waals surface area contributed by atoms with Crippen molar-refractivity contribution in [1.29, 1.82) is 0 Å². The Bertz CT molecular complexity index is 800. The molecule has 0 bridgehead atoms. The van der Waals surface area contributed by atoms with E-state index in [2.05, 4.69) is 20.6 Å². The Hall–Kier alpha value is -2.54. The summed E-state index contributed by atoms with van der Waals surface area (Å²) in [6, 6.07) is 7.80. The summed E-state index contributed by atoms with van der Waals surface area (Å²) in [4.78, 5) is 21.4. The van der Waals surface area contributed by atoms with E-state index in [9.17, 15) is 4.79 Å². The Morgan fingerprint density at radius 3 is 2.87 bits per heavy atom. The van der Waals surface area contributed by atoms with Gasteiger partial charge >= 0.3 is 0 Å². The molecule has 2 heterocycles. The quantitative estimate of drug-likeness (QED) is 0.681. The number of amides is 1. The molecule has 1 aromatic carbocycles. The zero-order valence-corrected chi connectivity index (χ0v) is 13.5. The first-order valence-corrected chi connectivity index (χ1v) is 8.43. The highest BCUT2D eigenvalue weighted by atomic mass is 32.2. The highest BCUT2D eigenvalue weighted by molar-refractivity contribution is 7.98. The summed E-state index contributed by atoms with van der Waals surface area (Å²) in [5.41, 5.74) is 1.59. The number of nitrogens with zero attached hydrogens (tertiary/aromatic N) is 3. The van der Waals surface area contributed by atoms with Crippen LogP contribution in [0.4, 0.5) is 11.5 Å². The molecule has 0 saturated carbocycles. The van der Waals surface area contributed by atoms with Crippen LogP contribution in [0.5, 0.6) is 0 Å². The van der Waals surface area contributed by atoms with Crippen molar-refractivity contribution >= 4 is 34.8 Å². The molecule has 0 aliphatic heterocycles. The van der Waals surface area contributed by atoms with Crippen LogP contribution in [0.15, 0.2) is 53.9 Å². The summed E-state index contributed by atoms with van der Waals surface area (Å²) in [6.45, 7) is 0.533. The van der Waals surface area contributed by atoms with Crippen molar-refractivity contribution in [3.63, 3.8) is 0 Å². The largest absolute Gasteiger partial charge is 0.369 e. The van der Waals surface area contributed by atoms with Crippen molar-refractivity contribution in [1.82, 2.24) is 14.4 Å². The minimum absolute atomic E-state index is 0.0233. The number of anilines is 2. The van der Waals surface area contributed by atoms with E-state index >= 15 is 0 Å². The van der Waals surface area contributed by atoms with Gasteiger partial charge in [-0.2, -0.15) is 0 Å². The minimum atomic E-state index is -0.0233. The Kier molecular flexibility index (Phi) is 4.77. The molecule has 0 radical (unpaired) electrons. The third-order valence-electron chi connectivity index (χ3n) is 3.35. The fourth-order valence-electron chi connectivity index (χ4n) is 2.17. The van der Waals surface area contributed by atoms with Gasteiger partial charge in [0, 0.05) is 35.9 Å². The van der Waals surface area contributed by atoms with Crippen molar-refractivity contribution < 1.29 is 4.79 Å². The predicted molar refractivity (Wildman–Crippen MR) is 92.9 cm³/mol. The Labute approximate surface area is 138 Å². The summed E-state index contributed by atoms with van der Waals surface area (Å²) in [7, 11) is 0. The second-order valence-electron chi connectivity index (χ2n) is 4.90. The van der Waals surface area contributed by atoms with Crippen LogP contribution in [0.3, 0.4) is 0 Å². The summed E-state index contributed by atoms with van der Waals surface area (Å²) in [6.07, 6.45) is 9.35. The highest BCUT2D eigenvalue weighted by Gasteiger charge is 2.05. The summed E-state index contributed by atoms with van der Waals surface area (Å²) < 4.78 is 1.89. The van der Waals surface area contributed by atoms with Crippen LogP contribution in [0.2, 0.25) is 0 Å². The number of hydrogen-bond donors (Lipinski definition) is 2. The topological polar surface area (TPSA) is 71.3 Å². The average Bonchev–Trinajstić information content (AvgIpc) is 2.99. The van der Waals surface area contributed by atoms with Gasteiger partial charge in [-0.1, -0.05) is 0 Å². The Morgan fingerprint density at radius 1 is 1.26 bits per heavy atom. The third-order valence-corrected chi connectivity index (χ3v) is 4.09. The predicted octanol–water partition coefficient (Wildman–Crippen LogP) is 2.89. The number of fused-ring (bicyclic) bond motifs is 1. The van der Waals surface area contributed by atoms with Gasteiger partial charge in [0.1, 0.15) is 5.82 Å². The van der Waals surface area contributed by atoms with Crippen molar-refractivity contribution in [2.24, 2.45) is 0 Å². The van der Waals surface area contributed by atoms with Gasteiger partial charge in [0.25, 0.3) is 0 Å². The molecule has 7 heteroatoms. The van der Waals surface area contributed by atoms with Crippen LogP contribution in [-0.2, 0) is 4.79 Å². The molecule has 2 N–H and O–H groups in total. The van der Waals surface area contributed by atoms with Gasteiger partial charge in [0.05, 0.1) is 12.4 Å². The number of benzene rings is 1. The lowest BCUT2D eigenvalue weighted by Crippen LogP contribution is -2.16. The second kappa shape index (κ2) is 7.15. The lowest BCUT2D eigenvalue weighted by molar-refractivity contribution is -0.115. The molecule has 118 valence electrons. The van der Waals surface area contributed by atoms with Crippen molar-refractivity contribution in [2.75, 3.05) is 23.4 Å². The maximum absolute atomic E-state index is 12.0. The van der Waals surface area contributed by atoms with Crippen LogP contribution in [0.25, 0.3) is 5.65 Å². The number of rotatable bonds is 6. The molecule has 0 saturated heterocycles. The first-order valence-electron chi connectivity index (χ1n) is 7.21. The van der Waals surface area contributed by atoms with Gasteiger partial charge in [-0.15, -0.1) is 11.8 Å². The van der Waals surface area contributed by atoms with E-state index in [1.807, 2.05) is 41.1 Å². The van der Waals surface area contributed by atoms with Crippen LogP contribution >= 0.6 is 11.8 Å². The molecule has 0 aliphatic rings. The first kappa shape index (κ1) is 15.4. The number of carbonyl (C=O) groups excluding carboxylic acids is 1. The zero-order chi connectivity index (χ0) is 16.1. The van der Waals surface area contributed by atoms with E-state index in [1.54, 1.807) is 30.4 Å². The third kappa shape index (κ3) is 3.81. The standard InChI is InChI=1S/C16H17N5OS/c1-23-13-4-2-12(3-5-13)20-16(22)6-7-18-15-11-19-14-10-17-8-9-21(14)15/h2-5,8-11,18H,6-7H2,1H3,(H,20,22). The molecular formula is C16H17N5OS. The normalized spacial score (nSPS) is 10.7. The smallest absolute Gasteiger partial charge is 0.226 e. The monoisotopic (exact) mass is 327 g/mol. The molecule has 0 fully saturated rings. The van der Waals surface area contributed by atoms with E-state index in [0.717, 1.165) is 17.2 Å². The molecular weight excluding hydrogens is 310 g/mol. The minimum Gasteiger partial charge on any atom is -0.369 e. The Balaban J connectivity index is 1.51. The van der Waals surface area contributed by atoms with E-state index in [0.29, 0.717) is 13.0 Å². The molecule has 1 amide bonds. The Morgan fingerprint density at radius 2 is 2.09 bits per heavy atom. The van der Waals surface area contributed by atoms with Crippen LogP contribution in [0.1, 0.15) is 6.42 Å². The van der Waals surface area contributed by atoms with E-state index in [1.165, 1.54) is 4.90 Å². The molecule has 0 atom stereocenters. The fourth-order valence-corrected chi connectivity index (χ4v) is 2.58. The van der Waals surface area contributed by atoms with Crippen LogP contribution in [-0.4, -0.2) is 33.1 Å². The van der Waals surface area contributed by atoms with Gasteiger partial charge in [-0.05, 0) is 30.5 Å². The second-order valence-corrected chi connectivity index (χ2v) is 5.78. The maximum atomic E-state index is 12.0. The van der Waals surface area contributed by atoms with Gasteiger partial charge in [-0.25, -0.2) is 4.98 Å². The molecule has 0 spiro atoms. The SMILES string of the molecule is CSc1ccc(NC(=O)CCNc2cnc3cnccn23)cc1. The summed E-state index contributed by atoms with van der Waals surface area (Å²) >= 11 is 1.67. The van der Waals surface area contributed by atoms with Gasteiger partial charge in [-0.3, -0.25) is 14.2 Å². The fraction of sp³-hybridized carbons (Fsp3) is 0.188. The zero-order valence-electron chi connectivity index (χ0n) is 12.7. The van der Waals surface area contributed by atoms with E-state index < -0.39 is 0 Å². The molecule has 3 rings (SSSR count). The first-order chi connectivity index (χ1) is 11.3. The summed E-state index contributed by atoms with van der Waals surface area (Å²) in [5, 5.41) is 6.10. The van der Waals surface area contributed by atoms with E-state index in [4.69, 9.17) is 0 Å². The molecule has 0 unspecified atom stereocenters. The number of nitrogens with one attached hydrogen (secondary N) is 2. The van der Waals surface area contributed by atoms with Crippen LogP contribution in [0, 0.1) is 0 Å². The van der Waals surface area contributed by atoms with Crippen molar-refractivity contribution in [2.45, 2.75) is 11.3 Å². The van der Waals surface area contributed by atoms with Gasteiger partial charge in [0.15, 0.2) is 5.65 Å². The number of carbonyl (C=O) groups is 1. The van der Waals surface area contributed by atoms with Gasteiger partial charge in [0.2, 0.25) is 5.91 Å². The number of aromatic nitrogens is 3. The lowest BCUT2D eigenvalue weighted by Gasteiger charge is -2.07. The highest BCUT2D eigenvalue weighted by Crippen LogP contribution is 2.17. The number of hydrogen-bond acceptors (Lipinski definition) is 5. The molecule has 0 aliphatic carbocycles. The molecule has 6 nitrogen and oxygen atoms in total. The summed E-state index contributed by atoms with van der Waals surface area (Å²) in [5.74, 6) is 0.824. The van der Waals surface area contributed by atoms with E-state index in [-0.39, 0.29) is 5.91 Å². The lowest BCUT2D eigenvalue weighted by atomic mass is 10.3. The van der Waals surface area contributed by atoms with Crippen molar-refractivity contribution in [3.8, 4) is 0 Å². The molecule has 2 aromatic heterocycles. The maximum Gasteiger partial charge on any atom is 0.226 e. The van der Waals surface area contributed by atoms with Gasteiger partial charge < -0.3 is 10.6 Å². The number of thioether (sulfide) groups is 1. The molecule has 3 aromatic rings. The van der Waals surface area contributed by atoms with Crippen LogP contribution < -0.4 is 10.6 Å². The molecule has 23 heavy (non-hydrogen) atoms. The van der Waals surface area contributed by atoms with Crippen molar-refractivity contribution in [3.05, 3.63) is 49.1 Å². The number of imidazole rings is 1. The average molecular weight is 327 g/mol.